The van der Waals surface area contributed by atoms with Crippen molar-refractivity contribution in [1.29, 1.82) is 0 Å². The van der Waals surface area contributed by atoms with Crippen LogP contribution in [0.4, 0.5) is 0 Å². The van der Waals surface area contributed by atoms with Crippen molar-refractivity contribution in [3.05, 3.63) is 65.5 Å². The number of hydrogen-bond acceptors (Lipinski definition) is 5. The van der Waals surface area contributed by atoms with E-state index in [2.05, 4.69) is 27.0 Å². The molecular formula is C19H21N5OS. The van der Waals surface area contributed by atoms with Crippen molar-refractivity contribution < 1.29 is 4.79 Å². The Labute approximate surface area is 156 Å². The molecule has 0 saturated carbocycles. The standard InChI is InChI=1S/C19H21N5OS/c1-4-8-16-13(2)21-18-22-19(23-24(18)14(16)3)26-12-17(25)20-11-15-9-6-5-7-10-15/h4-7,9-10H,1,8,11-12H2,2-3H3,(H,20,25). The van der Waals surface area contributed by atoms with Crippen LogP contribution in [0.15, 0.2) is 48.1 Å². The lowest BCUT2D eigenvalue weighted by atomic mass is 10.1. The molecule has 1 amide bonds. The molecule has 0 aliphatic heterocycles. The van der Waals surface area contributed by atoms with Crippen LogP contribution in [0.5, 0.6) is 0 Å². The van der Waals surface area contributed by atoms with E-state index in [1.54, 1.807) is 4.52 Å². The molecule has 0 spiro atoms. The lowest BCUT2D eigenvalue weighted by Gasteiger charge is -2.07. The predicted octanol–water partition coefficient (Wildman–Crippen LogP) is 2.88. The summed E-state index contributed by atoms with van der Waals surface area (Å²) in [6.07, 6.45) is 2.59. The number of thioether (sulfide) groups is 1. The normalized spacial score (nSPS) is 10.8. The van der Waals surface area contributed by atoms with Crippen molar-refractivity contribution in [2.75, 3.05) is 5.75 Å². The first-order valence-electron chi connectivity index (χ1n) is 8.35. The van der Waals surface area contributed by atoms with Crippen LogP contribution in [-0.2, 0) is 17.8 Å². The fourth-order valence-electron chi connectivity index (χ4n) is 2.67. The van der Waals surface area contributed by atoms with E-state index in [1.807, 2.05) is 50.3 Å². The van der Waals surface area contributed by atoms with Gasteiger partial charge in [-0.05, 0) is 31.4 Å². The van der Waals surface area contributed by atoms with Crippen molar-refractivity contribution in [1.82, 2.24) is 24.9 Å². The number of amides is 1. The Hall–Kier alpha value is -2.67. The molecule has 0 atom stereocenters. The van der Waals surface area contributed by atoms with Gasteiger partial charge in [-0.15, -0.1) is 11.7 Å². The number of rotatable bonds is 7. The van der Waals surface area contributed by atoms with Crippen LogP contribution < -0.4 is 5.32 Å². The van der Waals surface area contributed by atoms with Gasteiger partial charge < -0.3 is 5.32 Å². The molecule has 1 N–H and O–H groups in total. The Kier molecular flexibility index (Phi) is 5.68. The molecule has 1 aromatic carbocycles. The Balaban J connectivity index is 1.64. The fraction of sp³-hybridized carbons (Fsp3) is 0.263. The molecule has 2 aromatic heterocycles. The maximum absolute atomic E-state index is 12.0. The largest absolute Gasteiger partial charge is 0.351 e. The number of nitrogens with zero attached hydrogens (tertiary/aromatic N) is 4. The van der Waals surface area contributed by atoms with Crippen LogP contribution in [-0.4, -0.2) is 31.2 Å². The van der Waals surface area contributed by atoms with Gasteiger partial charge >= 0.3 is 0 Å². The van der Waals surface area contributed by atoms with Crippen LogP contribution in [0.3, 0.4) is 0 Å². The quantitative estimate of drug-likeness (QED) is 0.513. The van der Waals surface area contributed by atoms with Gasteiger partial charge in [-0.2, -0.15) is 4.98 Å². The Morgan fingerprint density at radius 3 is 2.77 bits per heavy atom. The molecule has 0 fully saturated rings. The van der Waals surface area contributed by atoms with Gasteiger partial charge in [0.05, 0.1) is 5.75 Å². The fourth-order valence-corrected chi connectivity index (χ4v) is 3.32. The number of aromatic nitrogens is 4. The molecule has 3 aromatic rings. The first-order valence-corrected chi connectivity index (χ1v) is 9.34. The maximum atomic E-state index is 12.0. The van der Waals surface area contributed by atoms with Gasteiger partial charge in [-0.1, -0.05) is 48.2 Å². The highest BCUT2D eigenvalue weighted by Gasteiger charge is 2.14. The summed E-state index contributed by atoms with van der Waals surface area (Å²) >= 11 is 1.31. The SMILES string of the molecule is C=CCc1c(C)nc2nc(SCC(=O)NCc3ccccc3)nn2c1C. The zero-order chi connectivity index (χ0) is 18.5. The van der Waals surface area contributed by atoms with Gasteiger partial charge in [0.15, 0.2) is 0 Å². The van der Waals surface area contributed by atoms with Gasteiger partial charge in [-0.3, -0.25) is 4.79 Å². The minimum atomic E-state index is -0.0501. The zero-order valence-electron chi connectivity index (χ0n) is 14.9. The zero-order valence-corrected chi connectivity index (χ0v) is 15.7. The summed E-state index contributed by atoms with van der Waals surface area (Å²) in [5.74, 6) is 0.771. The van der Waals surface area contributed by atoms with Crippen LogP contribution in [0.25, 0.3) is 5.78 Å². The third-order valence-electron chi connectivity index (χ3n) is 4.04. The highest BCUT2D eigenvalue weighted by molar-refractivity contribution is 7.99. The first-order chi connectivity index (χ1) is 12.6. The average molecular weight is 367 g/mol. The van der Waals surface area contributed by atoms with Crippen molar-refractivity contribution >= 4 is 23.4 Å². The van der Waals surface area contributed by atoms with Crippen molar-refractivity contribution in [3.8, 4) is 0 Å². The molecular weight excluding hydrogens is 346 g/mol. The molecule has 0 saturated heterocycles. The summed E-state index contributed by atoms with van der Waals surface area (Å²) in [6.45, 7) is 8.27. The second-order valence-electron chi connectivity index (χ2n) is 5.91. The number of nitrogens with one attached hydrogen (secondary N) is 1. The molecule has 3 rings (SSSR count). The van der Waals surface area contributed by atoms with E-state index in [0.29, 0.717) is 17.5 Å². The number of benzene rings is 1. The van der Waals surface area contributed by atoms with Gasteiger partial charge in [0.2, 0.25) is 11.1 Å². The summed E-state index contributed by atoms with van der Waals surface area (Å²) in [6, 6.07) is 9.82. The van der Waals surface area contributed by atoms with Crippen LogP contribution >= 0.6 is 11.8 Å². The summed E-state index contributed by atoms with van der Waals surface area (Å²) < 4.78 is 1.73. The number of aryl methyl sites for hydroxylation is 2. The number of hydrogen-bond donors (Lipinski definition) is 1. The van der Waals surface area contributed by atoms with Gasteiger partial charge in [-0.25, -0.2) is 9.50 Å². The molecule has 7 heteroatoms. The van der Waals surface area contributed by atoms with Crippen molar-refractivity contribution in [2.24, 2.45) is 0 Å². The molecule has 2 heterocycles. The molecule has 0 aliphatic carbocycles. The smallest absolute Gasteiger partial charge is 0.253 e. The van der Waals surface area contributed by atoms with Crippen LogP contribution in [0.1, 0.15) is 22.5 Å². The summed E-state index contributed by atoms with van der Waals surface area (Å²) in [5, 5.41) is 7.93. The summed E-state index contributed by atoms with van der Waals surface area (Å²) in [7, 11) is 0. The van der Waals surface area contributed by atoms with E-state index in [0.717, 1.165) is 28.9 Å². The maximum Gasteiger partial charge on any atom is 0.253 e. The van der Waals surface area contributed by atoms with Gasteiger partial charge in [0.25, 0.3) is 5.78 Å². The number of allylic oxidation sites excluding steroid dienone is 1. The molecule has 0 bridgehead atoms. The van der Waals surface area contributed by atoms with E-state index in [1.165, 1.54) is 11.8 Å². The third-order valence-corrected chi connectivity index (χ3v) is 4.88. The Morgan fingerprint density at radius 1 is 1.27 bits per heavy atom. The first kappa shape index (κ1) is 18.1. The monoisotopic (exact) mass is 367 g/mol. The van der Waals surface area contributed by atoms with Gasteiger partial charge in [0.1, 0.15) is 0 Å². The minimum Gasteiger partial charge on any atom is -0.351 e. The van der Waals surface area contributed by atoms with Crippen molar-refractivity contribution in [2.45, 2.75) is 32.0 Å². The number of carbonyl (C=O) groups excluding carboxylic acids is 1. The topological polar surface area (TPSA) is 72.2 Å². The highest BCUT2D eigenvalue weighted by atomic mass is 32.2. The third kappa shape index (κ3) is 4.11. The molecule has 6 nitrogen and oxygen atoms in total. The average Bonchev–Trinajstić information content (AvgIpc) is 3.05. The lowest BCUT2D eigenvalue weighted by molar-refractivity contribution is -0.118. The van der Waals surface area contributed by atoms with Crippen LogP contribution in [0.2, 0.25) is 0 Å². The van der Waals surface area contributed by atoms with E-state index < -0.39 is 0 Å². The Morgan fingerprint density at radius 2 is 2.04 bits per heavy atom. The summed E-state index contributed by atoms with van der Waals surface area (Å²) in [4.78, 5) is 21.0. The second-order valence-corrected chi connectivity index (χ2v) is 6.85. The van der Waals surface area contributed by atoms with Gasteiger partial charge in [0, 0.05) is 17.9 Å². The highest BCUT2D eigenvalue weighted by Crippen LogP contribution is 2.18. The number of carbonyl (C=O) groups is 1. The molecule has 26 heavy (non-hydrogen) atoms. The second kappa shape index (κ2) is 8.14. The molecule has 0 aliphatic rings. The predicted molar refractivity (Wildman–Crippen MR) is 103 cm³/mol. The van der Waals surface area contributed by atoms with E-state index >= 15 is 0 Å². The van der Waals surface area contributed by atoms with Crippen molar-refractivity contribution in [3.63, 3.8) is 0 Å². The van der Waals surface area contributed by atoms with E-state index in [-0.39, 0.29) is 11.7 Å². The van der Waals surface area contributed by atoms with E-state index in [9.17, 15) is 4.79 Å². The Bertz CT molecular complexity index is 936. The minimum absolute atomic E-state index is 0.0501. The molecule has 134 valence electrons. The van der Waals surface area contributed by atoms with E-state index in [4.69, 9.17) is 0 Å². The number of fused-ring (bicyclic) bond motifs is 1. The lowest BCUT2D eigenvalue weighted by Crippen LogP contribution is -2.24. The van der Waals surface area contributed by atoms with Crippen LogP contribution in [0, 0.1) is 13.8 Å². The molecule has 0 unspecified atom stereocenters. The molecule has 0 radical (unpaired) electrons. The summed E-state index contributed by atoms with van der Waals surface area (Å²) in [5.41, 5.74) is 4.11.